The van der Waals surface area contributed by atoms with Crippen molar-refractivity contribution in [2.24, 2.45) is 11.7 Å². The van der Waals surface area contributed by atoms with Crippen LogP contribution in [0.2, 0.25) is 0 Å². The number of carbonyl (C=O) groups is 1. The van der Waals surface area contributed by atoms with Crippen LogP contribution in [-0.2, 0) is 16.1 Å². The lowest BCUT2D eigenvalue weighted by atomic mass is 10.1. The minimum atomic E-state index is -0.117. The van der Waals surface area contributed by atoms with Gasteiger partial charge in [-0.3, -0.25) is 4.79 Å². The summed E-state index contributed by atoms with van der Waals surface area (Å²) in [4.78, 5) is 11.8. The van der Waals surface area contributed by atoms with Crippen molar-refractivity contribution >= 4 is 21.9 Å². The van der Waals surface area contributed by atoms with E-state index in [0.717, 1.165) is 29.3 Å². The maximum absolute atomic E-state index is 11.8. The minimum absolute atomic E-state index is 0.00696. The van der Waals surface area contributed by atoms with E-state index in [9.17, 15) is 4.79 Å². The highest BCUT2D eigenvalue weighted by atomic mass is 79.9. The zero-order chi connectivity index (χ0) is 12.3. The maximum Gasteiger partial charge on any atom is 0.309 e. The Hall–Kier alpha value is -0.870. The summed E-state index contributed by atoms with van der Waals surface area (Å²) in [6.45, 7) is 0.325. The molecule has 92 valence electrons. The summed E-state index contributed by atoms with van der Waals surface area (Å²) in [5.74, 6) is -0.124. The number of hydrogen-bond donors (Lipinski definition) is 1. The number of carbonyl (C=O) groups excluding carboxylic acids is 1. The van der Waals surface area contributed by atoms with Crippen LogP contribution in [0.4, 0.5) is 0 Å². The Balaban J connectivity index is 1.86. The summed E-state index contributed by atoms with van der Waals surface area (Å²) in [7, 11) is 0. The van der Waals surface area contributed by atoms with E-state index in [4.69, 9.17) is 10.5 Å². The second kappa shape index (κ2) is 5.65. The van der Waals surface area contributed by atoms with Gasteiger partial charge in [-0.05, 0) is 25.3 Å². The van der Waals surface area contributed by atoms with E-state index in [-0.39, 0.29) is 17.9 Å². The molecule has 0 bridgehead atoms. The van der Waals surface area contributed by atoms with Gasteiger partial charge in [-0.1, -0.05) is 34.1 Å². The Morgan fingerprint density at radius 2 is 2.18 bits per heavy atom. The number of esters is 1. The molecule has 2 atom stereocenters. The minimum Gasteiger partial charge on any atom is -0.461 e. The van der Waals surface area contributed by atoms with E-state index in [1.165, 1.54) is 0 Å². The smallest absolute Gasteiger partial charge is 0.309 e. The summed E-state index contributed by atoms with van der Waals surface area (Å²) < 4.78 is 6.29. The zero-order valence-corrected chi connectivity index (χ0v) is 11.2. The lowest BCUT2D eigenvalue weighted by Gasteiger charge is -2.10. The SMILES string of the molecule is N[C@H]1CC[C@@H](C(=O)OCc2ccccc2Br)C1. The fraction of sp³-hybridized carbons (Fsp3) is 0.462. The van der Waals surface area contributed by atoms with Crippen molar-refractivity contribution in [3.05, 3.63) is 34.3 Å². The van der Waals surface area contributed by atoms with Gasteiger partial charge in [0.15, 0.2) is 0 Å². The van der Waals surface area contributed by atoms with Crippen molar-refractivity contribution < 1.29 is 9.53 Å². The molecule has 3 nitrogen and oxygen atoms in total. The standard InChI is InChI=1S/C13H16BrNO2/c14-12-4-2-1-3-10(12)8-17-13(16)9-5-6-11(15)7-9/h1-4,9,11H,5-8,15H2/t9-,11+/m1/s1. The molecule has 1 aliphatic carbocycles. The Morgan fingerprint density at radius 1 is 1.41 bits per heavy atom. The Bertz CT molecular complexity index is 408. The first-order valence-electron chi connectivity index (χ1n) is 5.82. The van der Waals surface area contributed by atoms with Gasteiger partial charge in [-0.25, -0.2) is 0 Å². The van der Waals surface area contributed by atoms with Gasteiger partial charge in [0, 0.05) is 16.1 Å². The molecule has 1 aromatic carbocycles. The first kappa shape index (κ1) is 12.6. The van der Waals surface area contributed by atoms with Crippen LogP contribution in [0.1, 0.15) is 24.8 Å². The first-order valence-corrected chi connectivity index (χ1v) is 6.61. The lowest BCUT2D eigenvalue weighted by molar-refractivity contribution is -0.149. The van der Waals surface area contributed by atoms with Crippen molar-refractivity contribution in [2.75, 3.05) is 0 Å². The van der Waals surface area contributed by atoms with Gasteiger partial charge in [0.25, 0.3) is 0 Å². The van der Waals surface area contributed by atoms with Crippen molar-refractivity contribution in [3.8, 4) is 0 Å². The summed E-state index contributed by atoms with van der Waals surface area (Å²) in [6, 6.07) is 7.91. The molecule has 1 aromatic rings. The average molecular weight is 298 g/mol. The number of rotatable bonds is 3. The third-order valence-corrected chi connectivity index (χ3v) is 3.91. The predicted octanol–water partition coefficient (Wildman–Crippen LogP) is 2.62. The summed E-state index contributed by atoms with van der Waals surface area (Å²) >= 11 is 3.43. The molecular formula is C13H16BrNO2. The van der Waals surface area contributed by atoms with Crippen molar-refractivity contribution in [1.29, 1.82) is 0 Å². The van der Waals surface area contributed by atoms with Gasteiger partial charge < -0.3 is 10.5 Å². The van der Waals surface area contributed by atoms with Gasteiger partial charge in [-0.15, -0.1) is 0 Å². The molecule has 2 rings (SSSR count). The quantitative estimate of drug-likeness (QED) is 0.873. The van der Waals surface area contributed by atoms with E-state index in [1.54, 1.807) is 0 Å². The second-order valence-corrected chi connectivity index (χ2v) is 5.32. The van der Waals surface area contributed by atoms with Gasteiger partial charge in [0.1, 0.15) is 6.61 Å². The highest BCUT2D eigenvalue weighted by molar-refractivity contribution is 9.10. The predicted molar refractivity (Wildman–Crippen MR) is 69.3 cm³/mol. The van der Waals surface area contributed by atoms with Crippen molar-refractivity contribution in [2.45, 2.75) is 31.9 Å². The number of hydrogen-bond acceptors (Lipinski definition) is 3. The topological polar surface area (TPSA) is 52.3 Å². The van der Waals surface area contributed by atoms with Gasteiger partial charge in [0.05, 0.1) is 5.92 Å². The van der Waals surface area contributed by atoms with E-state index >= 15 is 0 Å². The van der Waals surface area contributed by atoms with E-state index in [2.05, 4.69) is 15.9 Å². The molecule has 0 radical (unpaired) electrons. The molecule has 17 heavy (non-hydrogen) atoms. The van der Waals surface area contributed by atoms with Crippen LogP contribution in [0, 0.1) is 5.92 Å². The summed E-state index contributed by atoms with van der Waals surface area (Å²) in [6.07, 6.45) is 2.54. The molecule has 0 saturated heterocycles. The Labute approximate surface area is 109 Å². The molecule has 0 unspecified atom stereocenters. The molecular weight excluding hydrogens is 282 g/mol. The molecule has 0 amide bonds. The molecule has 0 aromatic heterocycles. The lowest BCUT2D eigenvalue weighted by Crippen LogP contribution is -2.19. The first-order chi connectivity index (χ1) is 8.16. The molecule has 1 fully saturated rings. The fourth-order valence-corrected chi connectivity index (χ4v) is 2.51. The fourth-order valence-electron chi connectivity index (χ4n) is 2.11. The van der Waals surface area contributed by atoms with Crippen LogP contribution >= 0.6 is 15.9 Å². The third-order valence-electron chi connectivity index (χ3n) is 3.13. The summed E-state index contributed by atoms with van der Waals surface area (Å²) in [5.41, 5.74) is 6.77. The van der Waals surface area contributed by atoms with Crippen LogP contribution in [0.5, 0.6) is 0 Å². The van der Waals surface area contributed by atoms with Crippen molar-refractivity contribution in [1.82, 2.24) is 0 Å². The molecule has 1 saturated carbocycles. The van der Waals surface area contributed by atoms with Crippen LogP contribution in [0.15, 0.2) is 28.7 Å². The Morgan fingerprint density at radius 3 is 2.82 bits per heavy atom. The van der Waals surface area contributed by atoms with E-state index < -0.39 is 0 Å². The number of nitrogens with two attached hydrogens (primary N) is 1. The molecule has 4 heteroatoms. The third kappa shape index (κ3) is 3.30. The van der Waals surface area contributed by atoms with E-state index in [1.807, 2.05) is 24.3 Å². The van der Waals surface area contributed by atoms with Gasteiger partial charge in [0.2, 0.25) is 0 Å². The van der Waals surface area contributed by atoms with Crippen molar-refractivity contribution in [3.63, 3.8) is 0 Å². The highest BCUT2D eigenvalue weighted by Gasteiger charge is 2.28. The molecule has 1 aliphatic rings. The van der Waals surface area contributed by atoms with Crippen LogP contribution in [-0.4, -0.2) is 12.0 Å². The zero-order valence-electron chi connectivity index (χ0n) is 9.56. The molecule has 0 heterocycles. The summed E-state index contributed by atoms with van der Waals surface area (Å²) in [5, 5.41) is 0. The maximum atomic E-state index is 11.8. The average Bonchev–Trinajstić information content (AvgIpc) is 2.74. The largest absolute Gasteiger partial charge is 0.461 e. The van der Waals surface area contributed by atoms with Crippen LogP contribution in [0.3, 0.4) is 0 Å². The highest BCUT2D eigenvalue weighted by Crippen LogP contribution is 2.26. The van der Waals surface area contributed by atoms with Crippen LogP contribution < -0.4 is 5.73 Å². The van der Waals surface area contributed by atoms with Gasteiger partial charge in [-0.2, -0.15) is 0 Å². The molecule has 0 aliphatic heterocycles. The Kier molecular flexibility index (Phi) is 4.18. The molecule has 0 spiro atoms. The van der Waals surface area contributed by atoms with Crippen LogP contribution in [0.25, 0.3) is 0 Å². The number of benzene rings is 1. The second-order valence-electron chi connectivity index (χ2n) is 4.47. The van der Waals surface area contributed by atoms with E-state index in [0.29, 0.717) is 6.61 Å². The molecule has 2 N–H and O–H groups in total. The number of halogens is 1. The normalized spacial score (nSPS) is 23.6. The van der Waals surface area contributed by atoms with Gasteiger partial charge >= 0.3 is 5.97 Å². The number of ether oxygens (including phenoxy) is 1. The monoisotopic (exact) mass is 297 g/mol.